The Morgan fingerprint density at radius 3 is 2.44 bits per heavy atom. The van der Waals surface area contributed by atoms with Crippen molar-refractivity contribution in [3.05, 3.63) is 28.8 Å². The molecule has 1 fully saturated rings. The Morgan fingerprint density at radius 1 is 1.24 bits per heavy atom. The van der Waals surface area contributed by atoms with E-state index in [1.165, 1.54) is 11.8 Å². The number of benzene rings is 1. The molecule has 4 nitrogen and oxygen atoms in total. The fourth-order valence-electron chi connectivity index (χ4n) is 3.03. The first-order valence-electron chi connectivity index (χ1n) is 8.12. The van der Waals surface area contributed by atoms with E-state index in [-0.39, 0.29) is 29.2 Å². The summed E-state index contributed by atoms with van der Waals surface area (Å²) in [6, 6.07) is 2.72. The van der Waals surface area contributed by atoms with Crippen LogP contribution < -0.4 is 5.32 Å². The van der Waals surface area contributed by atoms with E-state index in [2.05, 4.69) is 5.32 Å². The monoisotopic (exact) mass is 376 g/mol. The van der Waals surface area contributed by atoms with Gasteiger partial charge in [-0.3, -0.25) is 9.59 Å². The molecule has 0 aromatic heterocycles. The summed E-state index contributed by atoms with van der Waals surface area (Å²) in [6.07, 6.45) is 0.227. The lowest BCUT2D eigenvalue weighted by molar-refractivity contribution is -0.137. The predicted molar refractivity (Wildman–Crippen MR) is 89.3 cm³/mol. The van der Waals surface area contributed by atoms with Crippen molar-refractivity contribution in [2.75, 3.05) is 11.9 Å². The van der Waals surface area contributed by atoms with Crippen LogP contribution in [0.1, 0.15) is 44.6 Å². The normalized spacial score (nSPS) is 15.7. The predicted octanol–water partition coefficient (Wildman–Crippen LogP) is 4.48. The van der Waals surface area contributed by atoms with Crippen LogP contribution in [0.4, 0.5) is 18.9 Å². The molecule has 0 spiro atoms. The maximum atomic E-state index is 12.8. The zero-order chi connectivity index (χ0) is 18.6. The fraction of sp³-hybridized carbons (Fsp3) is 0.529. The van der Waals surface area contributed by atoms with E-state index in [9.17, 15) is 22.8 Å². The van der Waals surface area contributed by atoms with Crippen LogP contribution in [0.15, 0.2) is 18.2 Å². The van der Waals surface area contributed by atoms with Gasteiger partial charge in [0.2, 0.25) is 11.8 Å². The minimum Gasteiger partial charge on any atom is -0.331 e. The SMILES string of the molecule is CC(=O)N(CC(=O)Nc1cc(C(F)(F)F)ccc1Cl)C1CCCCC1. The number of alkyl halides is 3. The number of carbonyl (C=O) groups excluding carboxylic acids is 2. The van der Waals surface area contributed by atoms with E-state index in [1.54, 1.807) is 0 Å². The lowest BCUT2D eigenvalue weighted by atomic mass is 9.94. The van der Waals surface area contributed by atoms with Crippen molar-refractivity contribution >= 4 is 29.1 Å². The van der Waals surface area contributed by atoms with Crippen LogP contribution in [0.3, 0.4) is 0 Å². The Labute approximate surface area is 149 Å². The molecule has 1 saturated carbocycles. The van der Waals surface area contributed by atoms with Gasteiger partial charge < -0.3 is 10.2 Å². The minimum absolute atomic E-state index is 0.00557. The largest absolute Gasteiger partial charge is 0.416 e. The molecule has 8 heteroatoms. The molecule has 0 radical (unpaired) electrons. The smallest absolute Gasteiger partial charge is 0.331 e. The van der Waals surface area contributed by atoms with E-state index in [1.807, 2.05) is 0 Å². The second-order valence-corrected chi connectivity index (χ2v) is 6.59. The average Bonchev–Trinajstić information content (AvgIpc) is 2.54. The number of hydrogen-bond acceptors (Lipinski definition) is 2. The highest BCUT2D eigenvalue weighted by atomic mass is 35.5. The molecular formula is C17H20ClF3N2O2. The van der Waals surface area contributed by atoms with Crippen LogP contribution in [-0.2, 0) is 15.8 Å². The highest BCUT2D eigenvalue weighted by molar-refractivity contribution is 6.33. The zero-order valence-electron chi connectivity index (χ0n) is 13.8. The van der Waals surface area contributed by atoms with E-state index in [4.69, 9.17) is 11.6 Å². The molecule has 0 unspecified atom stereocenters. The maximum Gasteiger partial charge on any atom is 0.416 e. The van der Waals surface area contributed by atoms with Crippen LogP contribution >= 0.6 is 11.6 Å². The first-order chi connectivity index (χ1) is 11.7. The molecule has 2 rings (SSSR count). The summed E-state index contributed by atoms with van der Waals surface area (Å²) in [7, 11) is 0. The summed E-state index contributed by atoms with van der Waals surface area (Å²) in [4.78, 5) is 25.6. The van der Waals surface area contributed by atoms with Crippen molar-refractivity contribution < 1.29 is 22.8 Å². The van der Waals surface area contributed by atoms with Gasteiger partial charge in [-0.2, -0.15) is 13.2 Å². The lowest BCUT2D eigenvalue weighted by Crippen LogP contribution is -2.44. The number of anilines is 1. The molecule has 0 saturated heterocycles. The first-order valence-corrected chi connectivity index (χ1v) is 8.50. The summed E-state index contributed by atoms with van der Waals surface area (Å²) >= 11 is 5.88. The molecular weight excluding hydrogens is 357 g/mol. The lowest BCUT2D eigenvalue weighted by Gasteiger charge is -2.33. The van der Waals surface area contributed by atoms with Crippen molar-refractivity contribution in [2.45, 2.75) is 51.2 Å². The molecule has 0 heterocycles. The molecule has 1 aromatic carbocycles. The molecule has 25 heavy (non-hydrogen) atoms. The summed E-state index contributed by atoms with van der Waals surface area (Å²) < 4.78 is 38.4. The van der Waals surface area contributed by atoms with Gasteiger partial charge in [0, 0.05) is 13.0 Å². The van der Waals surface area contributed by atoms with E-state index in [0.717, 1.165) is 50.3 Å². The standard InChI is InChI=1S/C17H20ClF3N2O2/c1-11(24)23(13-5-3-2-4-6-13)10-16(25)22-15-9-12(17(19,20)21)7-8-14(15)18/h7-9,13H,2-6,10H2,1H3,(H,22,25). The summed E-state index contributed by atoms with van der Waals surface area (Å²) in [5, 5.41) is 2.39. The van der Waals surface area contributed by atoms with Crippen molar-refractivity contribution in [2.24, 2.45) is 0 Å². The fourth-order valence-corrected chi connectivity index (χ4v) is 3.20. The van der Waals surface area contributed by atoms with Gasteiger partial charge in [-0.1, -0.05) is 30.9 Å². The number of carbonyl (C=O) groups is 2. The van der Waals surface area contributed by atoms with Gasteiger partial charge in [0.15, 0.2) is 0 Å². The van der Waals surface area contributed by atoms with Crippen LogP contribution in [0.5, 0.6) is 0 Å². The number of hydrogen-bond donors (Lipinski definition) is 1. The molecule has 138 valence electrons. The second-order valence-electron chi connectivity index (χ2n) is 6.18. The molecule has 0 bridgehead atoms. The topological polar surface area (TPSA) is 49.4 Å². The molecule has 0 aliphatic heterocycles. The second kappa shape index (κ2) is 8.08. The van der Waals surface area contributed by atoms with Gasteiger partial charge in [0.05, 0.1) is 16.3 Å². The summed E-state index contributed by atoms with van der Waals surface area (Å²) in [5.41, 5.74) is -1.02. The van der Waals surface area contributed by atoms with Gasteiger partial charge in [0.25, 0.3) is 0 Å². The Morgan fingerprint density at radius 2 is 1.88 bits per heavy atom. The van der Waals surface area contributed by atoms with Gasteiger partial charge >= 0.3 is 6.18 Å². The number of rotatable bonds is 4. The highest BCUT2D eigenvalue weighted by Gasteiger charge is 2.31. The third kappa shape index (κ3) is 5.36. The number of nitrogens with one attached hydrogen (secondary N) is 1. The summed E-state index contributed by atoms with van der Waals surface area (Å²) in [6.45, 7) is 1.19. The van der Waals surface area contributed by atoms with Crippen LogP contribution in [0, 0.1) is 0 Å². The van der Waals surface area contributed by atoms with Crippen LogP contribution in [0.2, 0.25) is 5.02 Å². The van der Waals surface area contributed by atoms with Gasteiger partial charge in [-0.15, -0.1) is 0 Å². The van der Waals surface area contributed by atoms with Crippen molar-refractivity contribution in [1.82, 2.24) is 4.90 Å². The molecule has 2 amide bonds. The van der Waals surface area contributed by atoms with Crippen molar-refractivity contribution in [1.29, 1.82) is 0 Å². The van der Waals surface area contributed by atoms with Gasteiger partial charge in [-0.25, -0.2) is 0 Å². The van der Waals surface area contributed by atoms with Crippen molar-refractivity contribution in [3.8, 4) is 0 Å². The average molecular weight is 377 g/mol. The maximum absolute atomic E-state index is 12.8. The van der Waals surface area contributed by atoms with Gasteiger partial charge in [-0.05, 0) is 31.0 Å². The molecule has 1 aliphatic carbocycles. The van der Waals surface area contributed by atoms with Gasteiger partial charge in [0.1, 0.15) is 6.54 Å². The van der Waals surface area contributed by atoms with Crippen LogP contribution in [0.25, 0.3) is 0 Å². The Balaban J connectivity index is 2.09. The number of nitrogens with zero attached hydrogens (tertiary/aromatic N) is 1. The number of amides is 2. The highest BCUT2D eigenvalue weighted by Crippen LogP contribution is 2.33. The van der Waals surface area contributed by atoms with E-state index >= 15 is 0 Å². The van der Waals surface area contributed by atoms with Crippen molar-refractivity contribution in [3.63, 3.8) is 0 Å². The molecule has 1 aliphatic rings. The zero-order valence-corrected chi connectivity index (χ0v) is 14.6. The molecule has 1 N–H and O–H groups in total. The van der Waals surface area contributed by atoms with E-state index in [0.29, 0.717) is 0 Å². The molecule has 0 atom stereocenters. The summed E-state index contributed by atoms with van der Waals surface area (Å²) in [5.74, 6) is -0.792. The molecule has 1 aromatic rings. The third-order valence-electron chi connectivity index (χ3n) is 4.30. The Kier molecular flexibility index (Phi) is 6.32. The Bertz CT molecular complexity index is 643. The minimum atomic E-state index is -4.53. The van der Waals surface area contributed by atoms with Crippen LogP contribution in [-0.4, -0.2) is 29.3 Å². The third-order valence-corrected chi connectivity index (χ3v) is 4.63. The quantitative estimate of drug-likeness (QED) is 0.842. The van der Waals surface area contributed by atoms with E-state index < -0.39 is 17.6 Å². The number of halogens is 4. The first kappa shape index (κ1) is 19.6. The Hall–Kier alpha value is -1.76.